The van der Waals surface area contributed by atoms with E-state index in [2.05, 4.69) is 5.32 Å². The van der Waals surface area contributed by atoms with Gasteiger partial charge in [-0.25, -0.2) is 0 Å². The average Bonchev–Trinajstić information content (AvgIpc) is 2.22. The summed E-state index contributed by atoms with van der Waals surface area (Å²) in [5, 5.41) is 2.66. The topological polar surface area (TPSA) is 29.1 Å². The maximum atomic E-state index is 11.6. The lowest BCUT2D eigenvalue weighted by Gasteiger charge is -2.25. The highest BCUT2D eigenvalue weighted by atomic mass is 35.5. The smallest absolute Gasteiger partial charge is 0.245 e. The zero-order valence-corrected chi connectivity index (χ0v) is 11.5. The molecule has 0 aromatic heterocycles. The van der Waals surface area contributed by atoms with E-state index >= 15 is 0 Å². The molecule has 0 rings (SSSR count). The molecule has 0 aliphatic heterocycles. The Bertz CT molecular complexity index is 173. The molecule has 0 aliphatic carbocycles. The van der Waals surface area contributed by atoms with Gasteiger partial charge in [0, 0.05) is 30.3 Å². The first-order chi connectivity index (χ1) is 6.60. The first-order valence-corrected chi connectivity index (χ1v) is 7.26. The van der Waals surface area contributed by atoms with E-state index in [0.717, 1.165) is 11.5 Å². The van der Waals surface area contributed by atoms with Crippen molar-refractivity contribution in [3.05, 3.63) is 0 Å². The van der Waals surface area contributed by atoms with E-state index in [9.17, 15) is 4.79 Å². The van der Waals surface area contributed by atoms with Crippen LogP contribution < -0.4 is 5.32 Å². The normalized spacial score (nSPS) is 11.4. The van der Waals surface area contributed by atoms with E-state index in [1.807, 2.05) is 6.92 Å². The molecule has 0 atom stereocenters. The lowest BCUT2D eigenvalue weighted by atomic mass is 10.4. The molecule has 0 fully saturated rings. The van der Waals surface area contributed by atoms with Crippen LogP contribution in [0.3, 0.4) is 0 Å². The molecule has 0 saturated carbocycles. The zero-order chi connectivity index (χ0) is 11.0. The van der Waals surface area contributed by atoms with Crippen LogP contribution in [-0.2, 0) is 4.79 Å². The predicted molar refractivity (Wildman–Crippen MR) is 68.8 cm³/mol. The van der Waals surface area contributed by atoms with Crippen LogP contribution in [0.1, 0.15) is 6.92 Å². The van der Waals surface area contributed by atoms with Crippen molar-refractivity contribution < 1.29 is 4.79 Å². The van der Waals surface area contributed by atoms with Gasteiger partial charge in [-0.15, -0.1) is 46.7 Å². The third-order valence-corrected chi connectivity index (χ3v) is 5.37. The van der Waals surface area contributed by atoms with Gasteiger partial charge in [0.05, 0.1) is 0 Å². The molecular weight excluding hydrogens is 261 g/mol. The number of carbonyl (C=O) groups excluding carboxylic acids is 1. The van der Waals surface area contributed by atoms with Crippen LogP contribution in [0.2, 0.25) is 0 Å². The minimum atomic E-state index is -0.474. The van der Waals surface area contributed by atoms with Gasteiger partial charge in [-0.3, -0.25) is 4.79 Å². The Morgan fingerprint density at radius 1 is 1.29 bits per heavy atom. The maximum Gasteiger partial charge on any atom is 0.245 e. The monoisotopic (exact) mass is 275 g/mol. The summed E-state index contributed by atoms with van der Waals surface area (Å²) >= 11 is 14.3. The van der Waals surface area contributed by atoms with Crippen LogP contribution in [-0.4, -0.2) is 40.3 Å². The summed E-state index contributed by atoms with van der Waals surface area (Å²) in [6, 6.07) is 0. The Hall–Kier alpha value is 0.750. The molecule has 0 heterocycles. The lowest BCUT2D eigenvalue weighted by molar-refractivity contribution is -0.120. The van der Waals surface area contributed by atoms with Gasteiger partial charge in [-0.1, -0.05) is 0 Å². The van der Waals surface area contributed by atoms with Gasteiger partial charge in [-0.05, 0) is 6.92 Å². The van der Waals surface area contributed by atoms with Gasteiger partial charge in [0.1, 0.15) is 4.08 Å². The Morgan fingerprint density at radius 3 is 2.00 bits per heavy atom. The Kier molecular flexibility index (Phi) is 8.39. The molecule has 0 saturated heterocycles. The molecule has 0 aliphatic rings. The van der Waals surface area contributed by atoms with Crippen molar-refractivity contribution in [3.8, 4) is 0 Å². The first-order valence-electron chi connectivity index (χ1n) is 4.22. The number of halogens is 2. The number of nitrogens with one attached hydrogen (secondary N) is 1. The van der Waals surface area contributed by atoms with Gasteiger partial charge in [0.25, 0.3) is 0 Å². The molecule has 0 unspecified atom stereocenters. The summed E-state index contributed by atoms with van der Waals surface area (Å²) < 4.78 is -0.474. The molecule has 1 N–H and O–H groups in total. The molecule has 0 bridgehead atoms. The summed E-state index contributed by atoms with van der Waals surface area (Å²) in [7, 11) is 1.64. The van der Waals surface area contributed by atoms with E-state index in [0.29, 0.717) is 11.8 Å². The van der Waals surface area contributed by atoms with Crippen LogP contribution in [0.5, 0.6) is 0 Å². The number of hydrogen-bond acceptors (Lipinski definition) is 3. The number of amides is 1. The van der Waals surface area contributed by atoms with Gasteiger partial charge in [0.15, 0.2) is 0 Å². The molecule has 0 aromatic rings. The number of hydrogen-bond donors (Lipinski definition) is 1. The van der Waals surface area contributed by atoms with Crippen molar-refractivity contribution in [2.45, 2.75) is 11.0 Å². The van der Waals surface area contributed by atoms with Gasteiger partial charge >= 0.3 is 0 Å². The average molecular weight is 276 g/mol. The third kappa shape index (κ3) is 5.01. The minimum Gasteiger partial charge on any atom is -0.357 e. The summed E-state index contributed by atoms with van der Waals surface area (Å²) in [6.45, 7) is 1.90. The molecule has 84 valence electrons. The van der Waals surface area contributed by atoms with Crippen LogP contribution in [0.4, 0.5) is 0 Å². The molecule has 0 radical (unpaired) electrons. The van der Waals surface area contributed by atoms with Crippen LogP contribution >= 0.6 is 46.7 Å². The van der Waals surface area contributed by atoms with Gasteiger partial charge in [-0.2, -0.15) is 0 Å². The van der Waals surface area contributed by atoms with Gasteiger partial charge < -0.3 is 5.32 Å². The second-order valence-electron chi connectivity index (χ2n) is 2.60. The Morgan fingerprint density at radius 2 is 1.71 bits per heavy atom. The second kappa shape index (κ2) is 7.97. The standard InChI is InChI=1S/C8H15Cl2NOS2/c1-8(7(12)11-2,13-5-3-9)14-6-4-10/h3-6H2,1-2H3,(H,11,12). The van der Waals surface area contributed by atoms with Crippen LogP contribution in [0, 0.1) is 0 Å². The molecule has 2 nitrogen and oxygen atoms in total. The highest BCUT2D eigenvalue weighted by molar-refractivity contribution is 8.19. The second-order valence-corrected chi connectivity index (χ2v) is 6.64. The van der Waals surface area contributed by atoms with Crippen LogP contribution in [0.15, 0.2) is 0 Å². The predicted octanol–water partition coefficient (Wildman–Crippen LogP) is 2.39. The number of carbonyl (C=O) groups is 1. The van der Waals surface area contributed by atoms with Crippen molar-refractivity contribution in [1.29, 1.82) is 0 Å². The fourth-order valence-electron chi connectivity index (χ4n) is 0.866. The summed E-state index contributed by atoms with van der Waals surface area (Å²) in [6.07, 6.45) is 0. The SMILES string of the molecule is CNC(=O)C(C)(SCCCl)SCCCl. The number of thioether (sulfide) groups is 2. The third-order valence-electron chi connectivity index (χ3n) is 1.55. The number of alkyl halides is 2. The fourth-order valence-corrected chi connectivity index (χ4v) is 3.56. The quantitative estimate of drug-likeness (QED) is 0.572. The molecule has 14 heavy (non-hydrogen) atoms. The Balaban J connectivity index is 4.24. The fraction of sp³-hybridized carbons (Fsp3) is 0.875. The van der Waals surface area contributed by atoms with Crippen molar-refractivity contribution in [2.75, 3.05) is 30.3 Å². The largest absolute Gasteiger partial charge is 0.357 e. The van der Waals surface area contributed by atoms with Crippen molar-refractivity contribution in [1.82, 2.24) is 5.32 Å². The molecule has 0 spiro atoms. The van der Waals surface area contributed by atoms with E-state index in [1.54, 1.807) is 30.6 Å². The first kappa shape index (κ1) is 14.8. The molecular formula is C8H15Cl2NOS2. The summed E-state index contributed by atoms with van der Waals surface area (Å²) in [5.41, 5.74) is 0. The van der Waals surface area contributed by atoms with Crippen molar-refractivity contribution in [3.63, 3.8) is 0 Å². The van der Waals surface area contributed by atoms with Crippen molar-refractivity contribution >= 4 is 52.6 Å². The van der Waals surface area contributed by atoms with Crippen LogP contribution in [0.25, 0.3) is 0 Å². The lowest BCUT2D eigenvalue weighted by Crippen LogP contribution is -2.38. The summed E-state index contributed by atoms with van der Waals surface area (Å²) in [5.74, 6) is 2.65. The van der Waals surface area contributed by atoms with E-state index < -0.39 is 4.08 Å². The minimum absolute atomic E-state index is 0.0164. The van der Waals surface area contributed by atoms with Crippen molar-refractivity contribution in [2.24, 2.45) is 0 Å². The van der Waals surface area contributed by atoms with E-state index in [-0.39, 0.29) is 5.91 Å². The maximum absolute atomic E-state index is 11.6. The van der Waals surface area contributed by atoms with Gasteiger partial charge in [0.2, 0.25) is 5.91 Å². The number of rotatable bonds is 7. The Labute approximate surface area is 104 Å². The highest BCUT2D eigenvalue weighted by Gasteiger charge is 2.32. The molecule has 0 aromatic carbocycles. The zero-order valence-electron chi connectivity index (χ0n) is 8.31. The molecule has 1 amide bonds. The van der Waals surface area contributed by atoms with E-state index in [1.165, 1.54) is 0 Å². The van der Waals surface area contributed by atoms with E-state index in [4.69, 9.17) is 23.2 Å². The highest BCUT2D eigenvalue weighted by Crippen LogP contribution is 2.37. The molecule has 6 heteroatoms. The summed E-state index contributed by atoms with van der Waals surface area (Å²) in [4.78, 5) is 11.6.